The Balaban J connectivity index is 1.46. The van der Waals surface area contributed by atoms with Crippen LogP contribution in [-0.2, 0) is 0 Å². The summed E-state index contributed by atoms with van der Waals surface area (Å²) in [4.78, 5) is 0. The molecule has 0 aliphatic heterocycles. The van der Waals surface area contributed by atoms with Crippen molar-refractivity contribution in [3.63, 3.8) is 0 Å². The number of nitriles is 2. The topological polar surface area (TPSA) is 73.9 Å². The van der Waals surface area contributed by atoms with Crippen LogP contribution in [0.25, 0.3) is 66.1 Å². The molecular formula is C32H16N2O2. The predicted octanol–water partition coefficient (Wildman–Crippen LogP) is 8.56. The van der Waals surface area contributed by atoms with Gasteiger partial charge in [0.2, 0.25) is 0 Å². The lowest BCUT2D eigenvalue weighted by Gasteiger charge is -2.06. The number of benzene rings is 5. The van der Waals surface area contributed by atoms with Gasteiger partial charge in [0.15, 0.2) is 0 Å². The fourth-order valence-corrected chi connectivity index (χ4v) is 5.06. The molecule has 4 heteroatoms. The molecule has 0 radical (unpaired) electrons. The molecule has 2 aromatic heterocycles. The number of furan rings is 2. The molecule has 0 N–H and O–H groups in total. The number of para-hydroxylation sites is 1. The van der Waals surface area contributed by atoms with Crippen LogP contribution in [0.5, 0.6) is 0 Å². The zero-order valence-corrected chi connectivity index (χ0v) is 18.9. The van der Waals surface area contributed by atoms with Crippen LogP contribution in [0.4, 0.5) is 0 Å². The Bertz CT molecular complexity index is 2050. The fourth-order valence-electron chi connectivity index (χ4n) is 5.06. The summed E-state index contributed by atoms with van der Waals surface area (Å²) < 4.78 is 12.2. The first-order valence-corrected chi connectivity index (χ1v) is 11.5. The summed E-state index contributed by atoms with van der Waals surface area (Å²) in [5.74, 6) is 0. The maximum atomic E-state index is 9.48. The van der Waals surface area contributed by atoms with Crippen LogP contribution in [0, 0.1) is 22.7 Å². The average molecular weight is 460 g/mol. The van der Waals surface area contributed by atoms with Crippen LogP contribution in [0.15, 0.2) is 106 Å². The Hall–Kier alpha value is -5.32. The third-order valence-corrected chi connectivity index (χ3v) is 6.71. The van der Waals surface area contributed by atoms with E-state index >= 15 is 0 Å². The van der Waals surface area contributed by atoms with Crippen molar-refractivity contribution >= 4 is 43.9 Å². The van der Waals surface area contributed by atoms with Crippen molar-refractivity contribution in [2.75, 3.05) is 0 Å². The van der Waals surface area contributed by atoms with Gasteiger partial charge < -0.3 is 8.83 Å². The molecule has 7 aromatic rings. The highest BCUT2D eigenvalue weighted by Crippen LogP contribution is 2.39. The Morgan fingerprint density at radius 2 is 1.08 bits per heavy atom. The number of nitrogens with zero attached hydrogens (tertiary/aromatic N) is 2. The van der Waals surface area contributed by atoms with Crippen LogP contribution in [0.1, 0.15) is 11.1 Å². The minimum atomic E-state index is 0.454. The quantitative estimate of drug-likeness (QED) is 0.259. The van der Waals surface area contributed by atoms with E-state index in [4.69, 9.17) is 8.83 Å². The molecule has 0 saturated heterocycles. The third-order valence-electron chi connectivity index (χ3n) is 6.71. The monoisotopic (exact) mass is 460 g/mol. The lowest BCUT2D eigenvalue weighted by Crippen LogP contribution is -1.85. The summed E-state index contributed by atoms with van der Waals surface area (Å²) in [5.41, 5.74) is 8.08. The summed E-state index contributed by atoms with van der Waals surface area (Å²) in [6, 6.07) is 36.0. The second kappa shape index (κ2) is 7.60. The minimum absolute atomic E-state index is 0.454. The standard InChI is InChI=1S/C32H16N2O2/c33-17-19-12-20(18-34)14-23(13-19)24-5-3-7-31-32(24)27-16-22(9-11-30(27)36-31)21-8-10-29-26(15-21)25-4-1-2-6-28(25)35-29/h1-16H. The third kappa shape index (κ3) is 2.99. The Kier molecular flexibility index (Phi) is 4.24. The molecule has 0 spiro atoms. The summed E-state index contributed by atoms with van der Waals surface area (Å²) in [7, 11) is 0. The van der Waals surface area contributed by atoms with E-state index in [1.807, 2.05) is 60.7 Å². The first kappa shape index (κ1) is 20.1. The van der Waals surface area contributed by atoms with Gasteiger partial charge in [0.05, 0.1) is 23.3 Å². The molecule has 0 atom stereocenters. The summed E-state index contributed by atoms with van der Waals surface area (Å²) >= 11 is 0. The number of fused-ring (bicyclic) bond motifs is 6. The van der Waals surface area contributed by atoms with Gasteiger partial charge in [-0.3, -0.25) is 0 Å². The van der Waals surface area contributed by atoms with Crippen LogP contribution in [0.2, 0.25) is 0 Å². The summed E-state index contributed by atoms with van der Waals surface area (Å²) in [5, 5.41) is 23.1. The molecule has 2 heterocycles. The van der Waals surface area contributed by atoms with Gasteiger partial charge in [-0.1, -0.05) is 42.5 Å². The Morgan fingerprint density at radius 3 is 1.83 bits per heavy atom. The van der Waals surface area contributed by atoms with Gasteiger partial charge in [0, 0.05) is 21.5 Å². The van der Waals surface area contributed by atoms with E-state index in [0.29, 0.717) is 11.1 Å². The van der Waals surface area contributed by atoms with E-state index in [0.717, 1.165) is 66.1 Å². The molecule has 0 unspecified atom stereocenters. The zero-order chi connectivity index (χ0) is 24.2. The molecule has 0 amide bonds. The van der Waals surface area contributed by atoms with Gasteiger partial charge in [-0.25, -0.2) is 0 Å². The minimum Gasteiger partial charge on any atom is -0.456 e. The number of hydrogen-bond donors (Lipinski definition) is 0. The Morgan fingerprint density at radius 1 is 0.472 bits per heavy atom. The zero-order valence-electron chi connectivity index (χ0n) is 18.9. The van der Waals surface area contributed by atoms with Gasteiger partial charge in [0.1, 0.15) is 22.3 Å². The fraction of sp³-hybridized carbons (Fsp3) is 0. The summed E-state index contributed by atoms with van der Waals surface area (Å²) in [6.45, 7) is 0. The molecule has 7 rings (SSSR count). The molecule has 0 fully saturated rings. The highest BCUT2D eigenvalue weighted by Gasteiger charge is 2.15. The molecular weight excluding hydrogens is 444 g/mol. The highest BCUT2D eigenvalue weighted by atomic mass is 16.3. The smallest absolute Gasteiger partial charge is 0.136 e. The molecule has 5 aromatic carbocycles. The van der Waals surface area contributed by atoms with Crippen molar-refractivity contribution in [3.05, 3.63) is 108 Å². The molecule has 0 aliphatic carbocycles. The van der Waals surface area contributed by atoms with Gasteiger partial charge in [-0.05, 0) is 76.9 Å². The van der Waals surface area contributed by atoms with E-state index in [1.54, 1.807) is 6.07 Å². The first-order chi connectivity index (χ1) is 17.7. The van der Waals surface area contributed by atoms with Crippen LogP contribution in [0.3, 0.4) is 0 Å². The SMILES string of the molecule is N#Cc1cc(C#N)cc(-c2cccc3oc4ccc(-c5ccc6oc7ccccc7c6c5)cc4c23)c1. The first-order valence-electron chi connectivity index (χ1n) is 11.5. The lowest BCUT2D eigenvalue weighted by molar-refractivity contribution is 0.668. The lowest BCUT2D eigenvalue weighted by atomic mass is 9.95. The van der Waals surface area contributed by atoms with E-state index in [2.05, 4.69) is 42.5 Å². The molecule has 0 aliphatic rings. The van der Waals surface area contributed by atoms with Gasteiger partial charge in [-0.15, -0.1) is 0 Å². The van der Waals surface area contributed by atoms with E-state index in [9.17, 15) is 10.5 Å². The molecule has 4 nitrogen and oxygen atoms in total. The summed E-state index contributed by atoms with van der Waals surface area (Å²) in [6.07, 6.45) is 0. The van der Waals surface area contributed by atoms with Crippen molar-refractivity contribution in [1.82, 2.24) is 0 Å². The average Bonchev–Trinajstić information content (AvgIpc) is 3.50. The maximum Gasteiger partial charge on any atom is 0.136 e. The van der Waals surface area contributed by atoms with Gasteiger partial charge in [-0.2, -0.15) is 10.5 Å². The van der Waals surface area contributed by atoms with Crippen LogP contribution in [-0.4, -0.2) is 0 Å². The number of rotatable bonds is 2. The Labute approximate surface area is 205 Å². The van der Waals surface area contributed by atoms with Gasteiger partial charge >= 0.3 is 0 Å². The molecule has 0 bridgehead atoms. The van der Waals surface area contributed by atoms with Crippen LogP contribution < -0.4 is 0 Å². The van der Waals surface area contributed by atoms with Crippen molar-refractivity contribution < 1.29 is 8.83 Å². The second-order valence-corrected chi connectivity index (χ2v) is 8.82. The largest absolute Gasteiger partial charge is 0.456 e. The number of hydrogen-bond acceptors (Lipinski definition) is 4. The van der Waals surface area contributed by atoms with Crippen molar-refractivity contribution in [1.29, 1.82) is 10.5 Å². The van der Waals surface area contributed by atoms with E-state index in [-0.39, 0.29) is 0 Å². The van der Waals surface area contributed by atoms with Crippen molar-refractivity contribution in [2.45, 2.75) is 0 Å². The van der Waals surface area contributed by atoms with Crippen molar-refractivity contribution in [3.8, 4) is 34.4 Å². The predicted molar refractivity (Wildman–Crippen MR) is 141 cm³/mol. The van der Waals surface area contributed by atoms with Gasteiger partial charge in [0.25, 0.3) is 0 Å². The van der Waals surface area contributed by atoms with Crippen molar-refractivity contribution in [2.24, 2.45) is 0 Å². The highest BCUT2D eigenvalue weighted by molar-refractivity contribution is 6.13. The second-order valence-electron chi connectivity index (χ2n) is 8.82. The molecule has 166 valence electrons. The maximum absolute atomic E-state index is 9.48. The normalized spacial score (nSPS) is 11.3. The molecule has 36 heavy (non-hydrogen) atoms. The van der Waals surface area contributed by atoms with Crippen LogP contribution >= 0.6 is 0 Å². The van der Waals surface area contributed by atoms with E-state index in [1.165, 1.54) is 0 Å². The molecule has 0 saturated carbocycles. The van der Waals surface area contributed by atoms with E-state index < -0.39 is 0 Å².